The van der Waals surface area contributed by atoms with Crippen LogP contribution in [-0.2, 0) is 4.79 Å². The molecule has 0 radical (unpaired) electrons. The summed E-state index contributed by atoms with van der Waals surface area (Å²) in [5, 5.41) is 5.70. The number of hydrogen-bond acceptors (Lipinski definition) is 2. The number of rotatable bonds is 5. The molecule has 2 rings (SSSR count). The van der Waals surface area contributed by atoms with Crippen LogP contribution in [0.3, 0.4) is 0 Å². The van der Waals surface area contributed by atoms with Crippen molar-refractivity contribution in [2.45, 2.75) is 46.5 Å². The van der Waals surface area contributed by atoms with Crippen LogP contribution in [0.5, 0.6) is 0 Å². The Morgan fingerprint density at radius 1 is 0.840 bits per heavy atom. The van der Waals surface area contributed by atoms with Crippen molar-refractivity contribution < 1.29 is 9.59 Å². The smallest absolute Gasteiger partial charge is 0.255 e. The predicted octanol–water partition coefficient (Wildman–Crippen LogP) is 5.14. The fraction of sp³-hybridized carbons (Fsp3) is 0.333. The van der Waals surface area contributed by atoms with Crippen molar-refractivity contribution in [3.8, 4) is 0 Å². The highest BCUT2D eigenvalue weighted by Gasteiger charge is 2.13. The first kappa shape index (κ1) is 18.7. The Morgan fingerprint density at radius 2 is 1.48 bits per heavy atom. The Kier molecular flexibility index (Phi) is 5.97. The molecule has 0 unspecified atom stereocenters. The van der Waals surface area contributed by atoms with Gasteiger partial charge >= 0.3 is 0 Å². The second-order valence-electron chi connectivity index (χ2n) is 6.87. The summed E-state index contributed by atoms with van der Waals surface area (Å²) in [6.45, 7) is 10.0. The maximum absolute atomic E-state index is 12.5. The lowest BCUT2D eigenvalue weighted by Gasteiger charge is -2.17. The van der Waals surface area contributed by atoms with Gasteiger partial charge in [-0.3, -0.25) is 9.59 Å². The molecule has 4 nitrogen and oxygen atoms in total. The fourth-order valence-electron chi connectivity index (χ4n) is 2.63. The lowest BCUT2D eigenvalue weighted by Crippen LogP contribution is -2.14. The summed E-state index contributed by atoms with van der Waals surface area (Å²) in [5.41, 5.74) is 4.47. The van der Waals surface area contributed by atoms with E-state index in [1.54, 1.807) is 24.3 Å². The average molecular weight is 338 g/mol. The molecule has 0 saturated carbocycles. The van der Waals surface area contributed by atoms with Crippen molar-refractivity contribution in [1.29, 1.82) is 0 Å². The third kappa shape index (κ3) is 4.92. The van der Waals surface area contributed by atoms with Crippen molar-refractivity contribution in [3.63, 3.8) is 0 Å². The van der Waals surface area contributed by atoms with Gasteiger partial charge in [-0.05, 0) is 53.3 Å². The van der Waals surface area contributed by atoms with Crippen molar-refractivity contribution in [2.75, 3.05) is 10.6 Å². The molecule has 0 aliphatic carbocycles. The monoisotopic (exact) mass is 338 g/mol. The van der Waals surface area contributed by atoms with Gasteiger partial charge in [0, 0.05) is 23.9 Å². The zero-order valence-corrected chi connectivity index (χ0v) is 15.5. The minimum absolute atomic E-state index is 0.135. The molecule has 4 heteroatoms. The molecule has 2 aromatic rings. The summed E-state index contributed by atoms with van der Waals surface area (Å²) >= 11 is 0. The number of carbonyl (C=O) groups excluding carboxylic acids is 2. The van der Waals surface area contributed by atoms with Gasteiger partial charge in [0.15, 0.2) is 0 Å². The standard InChI is InChI=1S/C21H26N2O2/c1-13(2)17-8-11-20(19(12-17)14(3)4)23-21(25)16-6-9-18(10-7-16)22-15(5)24/h6-14H,1-5H3,(H,22,24)(H,23,25). The fourth-order valence-corrected chi connectivity index (χ4v) is 2.63. The van der Waals surface area contributed by atoms with Gasteiger partial charge in [-0.1, -0.05) is 39.8 Å². The molecule has 2 aromatic carbocycles. The van der Waals surface area contributed by atoms with Gasteiger partial charge in [0.05, 0.1) is 0 Å². The third-order valence-electron chi connectivity index (χ3n) is 4.08. The molecular formula is C21H26N2O2. The second-order valence-corrected chi connectivity index (χ2v) is 6.87. The zero-order chi connectivity index (χ0) is 18.6. The van der Waals surface area contributed by atoms with E-state index in [0.29, 0.717) is 23.1 Å². The maximum atomic E-state index is 12.5. The molecule has 0 atom stereocenters. The molecule has 132 valence electrons. The first-order valence-corrected chi connectivity index (χ1v) is 8.60. The Morgan fingerprint density at radius 3 is 2.00 bits per heavy atom. The van der Waals surface area contributed by atoms with E-state index in [4.69, 9.17) is 0 Å². The molecule has 25 heavy (non-hydrogen) atoms. The molecule has 0 aliphatic heterocycles. The summed E-state index contributed by atoms with van der Waals surface area (Å²) in [4.78, 5) is 23.6. The summed E-state index contributed by atoms with van der Waals surface area (Å²) in [6.07, 6.45) is 0. The molecule has 2 amide bonds. The second kappa shape index (κ2) is 7.97. The Bertz CT molecular complexity index is 762. The van der Waals surface area contributed by atoms with Gasteiger partial charge in [-0.2, -0.15) is 0 Å². The van der Waals surface area contributed by atoms with E-state index in [2.05, 4.69) is 50.5 Å². The van der Waals surface area contributed by atoms with Gasteiger partial charge in [0.25, 0.3) is 5.91 Å². The molecule has 0 saturated heterocycles. The Labute approximate surface area is 149 Å². The summed E-state index contributed by atoms with van der Waals surface area (Å²) < 4.78 is 0. The minimum Gasteiger partial charge on any atom is -0.326 e. The van der Waals surface area contributed by atoms with E-state index < -0.39 is 0 Å². The molecule has 0 aliphatic rings. The summed E-state index contributed by atoms with van der Waals surface area (Å²) in [6, 6.07) is 13.1. The SMILES string of the molecule is CC(=O)Nc1ccc(C(=O)Nc2ccc(C(C)C)cc2C(C)C)cc1. The van der Waals surface area contributed by atoms with Gasteiger partial charge in [-0.15, -0.1) is 0 Å². The molecule has 0 bridgehead atoms. The average Bonchev–Trinajstić information content (AvgIpc) is 2.54. The number of carbonyl (C=O) groups is 2. The Balaban J connectivity index is 2.21. The van der Waals surface area contributed by atoms with Crippen LogP contribution < -0.4 is 10.6 Å². The van der Waals surface area contributed by atoms with E-state index in [0.717, 1.165) is 11.3 Å². The molecule has 2 N–H and O–H groups in total. The summed E-state index contributed by atoms with van der Waals surface area (Å²) in [5.74, 6) is 0.470. The van der Waals surface area contributed by atoms with Gasteiger partial charge < -0.3 is 10.6 Å². The van der Waals surface area contributed by atoms with Crippen LogP contribution in [0.4, 0.5) is 11.4 Å². The van der Waals surface area contributed by atoms with E-state index in [-0.39, 0.29) is 11.8 Å². The van der Waals surface area contributed by atoms with Crippen LogP contribution in [0.2, 0.25) is 0 Å². The topological polar surface area (TPSA) is 58.2 Å². The van der Waals surface area contributed by atoms with Crippen molar-refractivity contribution in [2.24, 2.45) is 0 Å². The molecular weight excluding hydrogens is 312 g/mol. The number of nitrogens with one attached hydrogen (secondary N) is 2. The van der Waals surface area contributed by atoms with Crippen LogP contribution >= 0.6 is 0 Å². The molecule has 0 fully saturated rings. The number of benzene rings is 2. The first-order valence-electron chi connectivity index (χ1n) is 8.60. The number of hydrogen-bond donors (Lipinski definition) is 2. The van der Waals surface area contributed by atoms with Gasteiger partial charge in [-0.25, -0.2) is 0 Å². The van der Waals surface area contributed by atoms with Crippen LogP contribution in [0.1, 0.15) is 67.9 Å². The lowest BCUT2D eigenvalue weighted by atomic mass is 9.94. The first-order chi connectivity index (χ1) is 11.8. The molecule has 0 aromatic heterocycles. The number of amides is 2. The largest absolute Gasteiger partial charge is 0.326 e. The van der Waals surface area contributed by atoms with E-state index in [1.165, 1.54) is 12.5 Å². The highest BCUT2D eigenvalue weighted by molar-refractivity contribution is 6.05. The van der Waals surface area contributed by atoms with Crippen LogP contribution in [0.25, 0.3) is 0 Å². The van der Waals surface area contributed by atoms with Gasteiger partial charge in [0.2, 0.25) is 5.91 Å². The third-order valence-corrected chi connectivity index (χ3v) is 4.08. The summed E-state index contributed by atoms with van der Waals surface area (Å²) in [7, 11) is 0. The van der Waals surface area contributed by atoms with Crippen LogP contribution in [-0.4, -0.2) is 11.8 Å². The van der Waals surface area contributed by atoms with Crippen molar-refractivity contribution in [3.05, 3.63) is 59.2 Å². The highest BCUT2D eigenvalue weighted by Crippen LogP contribution is 2.28. The van der Waals surface area contributed by atoms with E-state index in [1.807, 2.05) is 6.07 Å². The van der Waals surface area contributed by atoms with Crippen LogP contribution in [0, 0.1) is 0 Å². The lowest BCUT2D eigenvalue weighted by molar-refractivity contribution is -0.114. The van der Waals surface area contributed by atoms with E-state index >= 15 is 0 Å². The van der Waals surface area contributed by atoms with Crippen molar-refractivity contribution in [1.82, 2.24) is 0 Å². The van der Waals surface area contributed by atoms with E-state index in [9.17, 15) is 9.59 Å². The maximum Gasteiger partial charge on any atom is 0.255 e. The van der Waals surface area contributed by atoms with Crippen LogP contribution in [0.15, 0.2) is 42.5 Å². The molecule has 0 heterocycles. The van der Waals surface area contributed by atoms with Crippen molar-refractivity contribution >= 4 is 23.2 Å². The quantitative estimate of drug-likeness (QED) is 0.792. The van der Waals surface area contributed by atoms with Gasteiger partial charge in [0.1, 0.15) is 0 Å². The number of anilines is 2. The zero-order valence-electron chi connectivity index (χ0n) is 15.5. The highest BCUT2D eigenvalue weighted by atomic mass is 16.2. The predicted molar refractivity (Wildman–Crippen MR) is 103 cm³/mol. The molecule has 0 spiro atoms. The Hall–Kier alpha value is -2.62. The normalized spacial score (nSPS) is 10.8. The minimum atomic E-state index is -0.159.